The standard InChI is InChI=1S/C29H28BrF3N4O6/c1-39-10-3-11-41-26-16-24-21(15-25(26)42-13-12-40-2)27(35-17-34-24)43-20-7-4-18(5-8-20)36-28(38)37-19-6-9-23(30)22(14-19)29(31,32)33/h4-9,14-17H,3,10-13H2,1-2H3,(H2,36,37,38). The van der Waals surface area contributed by atoms with E-state index in [1.165, 1.54) is 18.5 Å². The molecule has 14 heteroatoms. The van der Waals surface area contributed by atoms with Gasteiger partial charge in [-0.15, -0.1) is 0 Å². The van der Waals surface area contributed by atoms with Crippen LogP contribution in [0.3, 0.4) is 0 Å². The van der Waals surface area contributed by atoms with Crippen LogP contribution in [0.2, 0.25) is 0 Å². The van der Waals surface area contributed by atoms with Crippen LogP contribution in [0.4, 0.5) is 29.3 Å². The molecule has 0 saturated carbocycles. The second-order valence-corrected chi connectivity index (χ2v) is 9.78. The minimum atomic E-state index is -4.57. The molecule has 1 heterocycles. The van der Waals surface area contributed by atoms with Crippen molar-refractivity contribution in [1.29, 1.82) is 0 Å². The zero-order valence-electron chi connectivity index (χ0n) is 23.2. The summed E-state index contributed by atoms with van der Waals surface area (Å²) in [4.78, 5) is 21.0. The molecule has 10 nitrogen and oxygen atoms in total. The lowest BCUT2D eigenvalue weighted by molar-refractivity contribution is -0.138. The maximum absolute atomic E-state index is 13.2. The summed E-state index contributed by atoms with van der Waals surface area (Å²) in [5.41, 5.74) is 0.0401. The smallest absolute Gasteiger partial charge is 0.417 e. The summed E-state index contributed by atoms with van der Waals surface area (Å²) in [7, 11) is 3.20. The Hall–Kier alpha value is -4.14. The Morgan fingerprint density at radius 3 is 2.23 bits per heavy atom. The SMILES string of the molecule is COCCCOc1cc2ncnc(Oc3ccc(NC(=O)Nc4ccc(Br)c(C(F)(F)F)c4)cc3)c2cc1OCCOC. The number of anilines is 2. The number of carbonyl (C=O) groups is 1. The van der Waals surface area contributed by atoms with E-state index in [9.17, 15) is 18.0 Å². The van der Waals surface area contributed by atoms with Crippen molar-refractivity contribution in [2.24, 2.45) is 0 Å². The second-order valence-electron chi connectivity index (χ2n) is 8.93. The van der Waals surface area contributed by atoms with E-state index in [4.69, 9.17) is 23.7 Å². The Kier molecular flexibility index (Phi) is 11.0. The van der Waals surface area contributed by atoms with Gasteiger partial charge in [-0.3, -0.25) is 0 Å². The van der Waals surface area contributed by atoms with Crippen LogP contribution in [-0.4, -0.2) is 56.6 Å². The summed E-state index contributed by atoms with van der Waals surface area (Å²) in [6.45, 7) is 1.66. The highest BCUT2D eigenvalue weighted by Crippen LogP contribution is 2.37. The van der Waals surface area contributed by atoms with Gasteiger partial charge in [-0.1, -0.05) is 15.9 Å². The Balaban J connectivity index is 1.46. The predicted octanol–water partition coefficient (Wildman–Crippen LogP) is 7.29. The Morgan fingerprint density at radius 1 is 0.837 bits per heavy atom. The fourth-order valence-electron chi connectivity index (χ4n) is 3.80. The van der Waals surface area contributed by atoms with Crippen LogP contribution in [0.1, 0.15) is 12.0 Å². The number of fused-ring (bicyclic) bond motifs is 1. The van der Waals surface area contributed by atoms with E-state index in [0.29, 0.717) is 66.7 Å². The van der Waals surface area contributed by atoms with Gasteiger partial charge in [0.2, 0.25) is 5.88 Å². The number of alkyl halides is 3. The maximum Gasteiger partial charge on any atom is 0.417 e. The van der Waals surface area contributed by atoms with Crippen molar-refractivity contribution in [2.75, 3.05) is 51.3 Å². The van der Waals surface area contributed by atoms with Gasteiger partial charge in [-0.25, -0.2) is 14.8 Å². The number of nitrogens with zero attached hydrogens (tertiary/aromatic N) is 2. The third-order valence-electron chi connectivity index (χ3n) is 5.82. The molecule has 0 bridgehead atoms. The molecule has 0 aliphatic heterocycles. The summed E-state index contributed by atoms with van der Waals surface area (Å²) < 4.78 is 67.3. The minimum absolute atomic E-state index is 0.0160. The third-order valence-corrected chi connectivity index (χ3v) is 6.51. The van der Waals surface area contributed by atoms with Gasteiger partial charge in [0.25, 0.3) is 0 Å². The number of methoxy groups -OCH3 is 2. The molecule has 0 unspecified atom stereocenters. The molecule has 0 fully saturated rings. The average molecular weight is 665 g/mol. The number of ether oxygens (including phenoxy) is 5. The van der Waals surface area contributed by atoms with E-state index in [-0.39, 0.29) is 16.0 Å². The molecule has 0 spiro atoms. The zero-order chi connectivity index (χ0) is 30.8. The van der Waals surface area contributed by atoms with Crippen LogP contribution < -0.4 is 24.8 Å². The van der Waals surface area contributed by atoms with Crippen molar-refractivity contribution in [2.45, 2.75) is 12.6 Å². The number of nitrogens with one attached hydrogen (secondary N) is 2. The van der Waals surface area contributed by atoms with Crippen molar-refractivity contribution in [3.63, 3.8) is 0 Å². The molecular weight excluding hydrogens is 637 g/mol. The predicted molar refractivity (Wildman–Crippen MR) is 157 cm³/mol. The van der Waals surface area contributed by atoms with E-state index in [0.717, 1.165) is 6.07 Å². The monoisotopic (exact) mass is 664 g/mol. The lowest BCUT2D eigenvalue weighted by atomic mass is 10.2. The molecule has 4 rings (SSSR count). The molecule has 0 saturated heterocycles. The van der Waals surface area contributed by atoms with Gasteiger partial charge in [0.05, 0.1) is 29.7 Å². The molecule has 1 aromatic heterocycles. The number of rotatable bonds is 13. The number of aromatic nitrogens is 2. The lowest BCUT2D eigenvalue weighted by Gasteiger charge is -2.15. The van der Waals surface area contributed by atoms with Crippen molar-refractivity contribution < 1.29 is 41.7 Å². The van der Waals surface area contributed by atoms with E-state index in [1.807, 2.05) is 0 Å². The molecule has 0 aliphatic rings. The van der Waals surface area contributed by atoms with Crippen LogP contribution in [0.15, 0.2) is 65.4 Å². The van der Waals surface area contributed by atoms with Crippen LogP contribution in [0.5, 0.6) is 23.1 Å². The van der Waals surface area contributed by atoms with E-state index < -0.39 is 17.8 Å². The highest BCUT2D eigenvalue weighted by Gasteiger charge is 2.33. The van der Waals surface area contributed by atoms with Crippen molar-refractivity contribution in [3.8, 4) is 23.1 Å². The van der Waals surface area contributed by atoms with Crippen molar-refractivity contribution in [3.05, 3.63) is 71.0 Å². The van der Waals surface area contributed by atoms with Gasteiger partial charge >= 0.3 is 12.2 Å². The van der Waals surface area contributed by atoms with E-state index in [2.05, 4.69) is 36.5 Å². The van der Waals surface area contributed by atoms with Gasteiger partial charge in [-0.05, 0) is 48.5 Å². The van der Waals surface area contributed by atoms with Crippen LogP contribution in [-0.2, 0) is 15.7 Å². The normalized spacial score (nSPS) is 11.3. The Labute approximate surface area is 253 Å². The summed E-state index contributed by atoms with van der Waals surface area (Å²) in [6.07, 6.45) is -2.51. The number of hydrogen-bond acceptors (Lipinski definition) is 8. The first kappa shape index (κ1) is 31.8. The number of urea groups is 1. The van der Waals surface area contributed by atoms with Gasteiger partial charge in [0, 0.05) is 49.2 Å². The molecule has 4 aromatic rings. The number of benzene rings is 3. The van der Waals surface area contributed by atoms with Gasteiger partial charge < -0.3 is 34.3 Å². The summed E-state index contributed by atoms with van der Waals surface area (Å²) in [6, 6.07) is 12.5. The largest absolute Gasteiger partial charge is 0.490 e. The molecule has 228 valence electrons. The van der Waals surface area contributed by atoms with E-state index in [1.54, 1.807) is 50.6 Å². The number of hydrogen-bond donors (Lipinski definition) is 2. The first-order valence-corrected chi connectivity index (χ1v) is 13.7. The molecule has 0 radical (unpaired) electrons. The quantitative estimate of drug-likeness (QED) is 0.143. The second kappa shape index (κ2) is 14.8. The number of carbonyl (C=O) groups excluding carboxylic acids is 1. The van der Waals surface area contributed by atoms with Crippen molar-refractivity contribution in [1.82, 2.24) is 9.97 Å². The number of halogens is 4. The fraction of sp³-hybridized carbons (Fsp3) is 0.276. The van der Waals surface area contributed by atoms with E-state index >= 15 is 0 Å². The number of amides is 2. The molecule has 0 aliphatic carbocycles. The highest BCUT2D eigenvalue weighted by molar-refractivity contribution is 9.10. The molecule has 43 heavy (non-hydrogen) atoms. The van der Waals surface area contributed by atoms with Gasteiger partial charge in [-0.2, -0.15) is 13.2 Å². The maximum atomic E-state index is 13.2. The third kappa shape index (κ3) is 8.92. The topological polar surface area (TPSA) is 113 Å². The van der Waals surface area contributed by atoms with Crippen molar-refractivity contribution >= 4 is 44.2 Å². The molecule has 3 aromatic carbocycles. The summed E-state index contributed by atoms with van der Waals surface area (Å²) in [5.74, 6) is 1.66. The Bertz CT molecular complexity index is 1540. The first-order valence-electron chi connectivity index (χ1n) is 12.9. The molecular formula is C29H28BrF3N4O6. The van der Waals surface area contributed by atoms with Gasteiger partial charge in [0.1, 0.15) is 18.7 Å². The summed E-state index contributed by atoms with van der Waals surface area (Å²) in [5, 5.41) is 5.55. The molecule has 0 atom stereocenters. The molecule has 2 N–H and O–H groups in total. The van der Waals surface area contributed by atoms with Crippen LogP contribution >= 0.6 is 15.9 Å². The zero-order valence-corrected chi connectivity index (χ0v) is 24.8. The highest BCUT2D eigenvalue weighted by atomic mass is 79.9. The minimum Gasteiger partial charge on any atom is -0.490 e. The van der Waals surface area contributed by atoms with Gasteiger partial charge in [0.15, 0.2) is 11.5 Å². The lowest BCUT2D eigenvalue weighted by Crippen LogP contribution is -2.19. The van der Waals surface area contributed by atoms with Crippen LogP contribution in [0.25, 0.3) is 10.9 Å². The average Bonchev–Trinajstić information content (AvgIpc) is 2.97. The first-order chi connectivity index (χ1) is 20.7. The fourth-order valence-corrected chi connectivity index (χ4v) is 4.27. The van der Waals surface area contributed by atoms with Crippen LogP contribution in [0, 0.1) is 0 Å². The summed E-state index contributed by atoms with van der Waals surface area (Å²) >= 11 is 2.87. The molecule has 2 amide bonds. The Morgan fingerprint density at radius 2 is 1.51 bits per heavy atom.